The van der Waals surface area contributed by atoms with Crippen LogP contribution in [0.25, 0.3) is 0 Å². The molecule has 0 aliphatic heterocycles. The standard InChI is InChI=1S/C13H24N4O/c1-5-16(10-13(3,4)9-14)12(18)11(2)17-8-6-7-15-17/h6-8,11H,5,9-10,14H2,1-4H3. The van der Waals surface area contributed by atoms with Gasteiger partial charge in [-0.25, -0.2) is 0 Å². The van der Waals surface area contributed by atoms with E-state index in [2.05, 4.69) is 18.9 Å². The Morgan fingerprint density at radius 1 is 1.56 bits per heavy atom. The molecule has 0 aliphatic carbocycles. The van der Waals surface area contributed by atoms with Gasteiger partial charge in [-0.3, -0.25) is 9.48 Å². The first kappa shape index (κ1) is 14.7. The van der Waals surface area contributed by atoms with Crippen LogP contribution in [-0.4, -0.2) is 40.2 Å². The summed E-state index contributed by atoms with van der Waals surface area (Å²) in [6, 6.07) is 1.55. The Labute approximate surface area is 109 Å². The fourth-order valence-corrected chi connectivity index (χ4v) is 1.81. The molecule has 0 radical (unpaired) electrons. The van der Waals surface area contributed by atoms with E-state index >= 15 is 0 Å². The van der Waals surface area contributed by atoms with Crippen LogP contribution in [0.2, 0.25) is 0 Å². The van der Waals surface area contributed by atoms with Crippen molar-refractivity contribution >= 4 is 5.91 Å². The van der Waals surface area contributed by atoms with Crippen LogP contribution in [0.5, 0.6) is 0 Å². The summed E-state index contributed by atoms with van der Waals surface area (Å²) in [7, 11) is 0. The molecule has 0 aliphatic rings. The number of carbonyl (C=O) groups excluding carboxylic acids is 1. The minimum atomic E-state index is -0.270. The van der Waals surface area contributed by atoms with Crippen molar-refractivity contribution in [2.45, 2.75) is 33.7 Å². The van der Waals surface area contributed by atoms with E-state index in [0.29, 0.717) is 19.6 Å². The smallest absolute Gasteiger partial charge is 0.247 e. The number of nitrogens with two attached hydrogens (primary N) is 1. The molecular formula is C13H24N4O. The number of hydrogen-bond donors (Lipinski definition) is 1. The van der Waals surface area contributed by atoms with Gasteiger partial charge in [-0.05, 0) is 31.9 Å². The number of rotatable bonds is 6. The molecule has 102 valence electrons. The molecule has 1 unspecified atom stereocenters. The van der Waals surface area contributed by atoms with Crippen molar-refractivity contribution in [3.05, 3.63) is 18.5 Å². The zero-order valence-corrected chi connectivity index (χ0v) is 11.8. The molecule has 1 rings (SSSR count). The zero-order chi connectivity index (χ0) is 13.8. The Morgan fingerprint density at radius 2 is 2.22 bits per heavy atom. The van der Waals surface area contributed by atoms with Gasteiger partial charge < -0.3 is 10.6 Å². The highest BCUT2D eigenvalue weighted by atomic mass is 16.2. The molecule has 1 amide bonds. The summed E-state index contributed by atoms with van der Waals surface area (Å²) in [6.07, 6.45) is 3.49. The molecule has 5 nitrogen and oxygen atoms in total. The van der Waals surface area contributed by atoms with Crippen LogP contribution in [0, 0.1) is 5.41 Å². The maximum absolute atomic E-state index is 12.4. The summed E-state index contributed by atoms with van der Waals surface area (Å²) in [5.41, 5.74) is 5.66. The van der Waals surface area contributed by atoms with E-state index in [4.69, 9.17) is 5.73 Å². The van der Waals surface area contributed by atoms with Crippen LogP contribution in [-0.2, 0) is 4.79 Å². The van der Waals surface area contributed by atoms with E-state index < -0.39 is 0 Å². The van der Waals surface area contributed by atoms with Crippen molar-refractivity contribution in [2.24, 2.45) is 11.1 Å². The quantitative estimate of drug-likeness (QED) is 0.829. The molecule has 0 bridgehead atoms. The normalized spacial score (nSPS) is 13.4. The van der Waals surface area contributed by atoms with Gasteiger partial charge in [0.15, 0.2) is 0 Å². The second-order valence-electron chi connectivity index (χ2n) is 5.38. The fourth-order valence-electron chi connectivity index (χ4n) is 1.81. The van der Waals surface area contributed by atoms with Gasteiger partial charge in [0, 0.05) is 25.5 Å². The predicted octanol–water partition coefficient (Wildman–Crippen LogP) is 1.28. The highest BCUT2D eigenvalue weighted by Gasteiger charge is 2.26. The largest absolute Gasteiger partial charge is 0.341 e. The molecule has 5 heteroatoms. The maximum atomic E-state index is 12.4. The lowest BCUT2D eigenvalue weighted by atomic mass is 9.93. The number of aromatic nitrogens is 2. The second-order valence-corrected chi connectivity index (χ2v) is 5.38. The molecule has 1 aromatic rings. The molecule has 1 heterocycles. The average molecular weight is 252 g/mol. The molecule has 1 aromatic heterocycles. The van der Waals surface area contributed by atoms with Gasteiger partial charge in [-0.1, -0.05) is 13.8 Å². The lowest BCUT2D eigenvalue weighted by Gasteiger charge is -2.32. The van der Waals surface area contributed by atoms with E-state index in [1.54, 1.807) is 10.9 Å². The van der Waals surface area contributed by atoms with Crippen molar-refractivity contribution < 1.29 is 4.79 Å². The van der Waals surface area contributed by atoms with Crippen molar-refractivity contribution in [3.63, 3.8) is 0 Å². The molecule has 0 saturated heterocycles. The Kier molecular flexibility index (Phi) is 4.90. The Hall–Kier alpha value is -1.36. The second kappa shape index (κ2) is 6.00. The monoisotopic (exact) mass is 252 g/mol. The third-order valence-electron chi connectivity index (χ3n) is 3.14. The van der Waals surface area contributed by atoms with Crippen molar-refractivity contribution in [2.75, 3.05) is 19.6 Å². The maximum Gasteiger partial charge on any atom is 0.247 e. The SMILES string of the molecule is CCN(CC(C)(C)CN)C(=O)C(C)n1cccn1. The van der Waals surface area contributed by atoms with Gasteiger partial charge in [0.05, 0.1) is 0 Å². The Balaban J connectivity index is 2.74. The molecule has 1 atom stereocenters. The molecule has 18 heavy (non-hydrogen) atoms. The molecule has 2 N–H and O–H groups in total. The third kappa shape index (κ3) is 3.57. The van der Waals surface area contributed by atoms with Crippen LogP contribution < -0.4 is 5.73 Å². The summed E-state index contributed by atoms with van der Waals surface area (Å²) in [5, 5.41) is 4.12. The first-order valence-electron chi connectivity index (χ1n) is 6.39. The van der Waals surface area contributed by atoms with Crippen molar-refractivity contribution in [1.82, 2.24) is 14.7 Å². The van der Waals surface area contributed by atoms with Crippen LogP contribution in [0.15, 0.2) is 18.5 Å². The highest BCUT2D eigenvalue weighted by molar-refractivity contribution is 5.80. The minimum absolute atomic E-state index is 0.0600. The highest BCUT2D eigenvalue weighted by Crippen LogP contribution is 2.17. The van der Waals surface area contributed by atoms with Crippen molar-refractivity contribution in [3.8, 4) is 0 Å². The van der Waals surface area contributed by atoms with E-state index in [9.17, 15) is 4.79 Å². The minimum Gasteiger partial charge on any atom is -0.341 e. The fraction of sp³-hybridized carbons (Fsp3) is 0.692. The number of likely N-dealkylation sites (N-methyl/N-ethyl adjacent to an activating group) is 1. The Morgan fingerprint density at radius 3 is 2.67 bits per heavy atom. The molecule has 0 fully saturated rings. The number of hydrogen-bond acceptors (Lipinski definition) is 3. The summed E-state index contributed by atoms with van der Waals surface area (Å²) >= 11 is 0. The average Bonchev–Trinajstić information content (AvgIpc) is 2.88. The van der Waals surface area contributed by atoms with Gasteiger partial charge >= 0.3 is 0 Å². The summed E-state index contributed by atoms with van der Waals surface area (Å²) in [6.45, 7) is 9.92. The first-order chi connectivity index (χ1) is 8.41. The van der Waals surface area contributed by atoms with Crippen LogP contribution in [0.4, 0.5) is 0 Å². The summed E-state index contributed by atoms with van der Waals surface area (Å²) < 4.78 is 1.68. The van der Waals surface area contributed by atoms with Gasteiger partial charge in [-0.15, -0.1) is 0 Å². The predicted molar refractivity (Wildman–Crippen MR) is 72.0 cm³/mol. The van der Waals surface area contributed by atoms with Crippen LogP contribution >= 0.6 is 0 Å². The van der Waals surface area contributed by atoms with E-state index in [1.165, 1.54) is 0 Å². The third-order valence-corrected chi connectivity index (χ3v) is 3.14. The lowest BCUT2D eigenvalue weighted by molar-refractivity contribution is -0.135. The van der Waals surface area contributed by atoms with Crippen LogP contribution in [0.1, 0.15) is 33.7 Å². The molecule has 0 spiro atoms. The zero-order valence-electron chi connectivity index (χ0n) is 11.8. The van der Waals surface area contributed by atoms with Crippen molar-refractivity contribution in [1.29, 1.82) is 0 Å². The summed E-state index contributed by atoms with van der Waals surface area (Å²) in [4.78, 5) is 14.2. The van der Waals surface area contributed by atoms with Gasteiger partial charge in [0.2, 0.25) is 5.91 Å². The van der Waals surface area contributed by atoms with E-state index in [0.717, 1.165) is 0 Å². The number of carbonyl (C=O) groups is 1. The molecule has 0 saturated carbocycles. The van der Waals surface area contributed by atoms with Gasteiger partial charge in [0.1, 0.15) is 6.04 Å². The first-order valence-corrected chi connectivity index (χ1v) is 6.39. The summed E-state index contributed by atoms with van der Waals surface area (Å²) in [5.74, 6) is 0.0859. The van der Waals surface area contributed by atoms with Crippen LogP contribution in [0.3, 0.4) is 0 Å². The van der Waals surface area contributed by atoms with E-state index in [1.807, 2.05) is 31.0 Å². The van der Waals surface area contributed by atoms with Gasteiger partial charge in [-0.2, -0.15) is 5.10 Å². The number of nitrogens with zero attached hydrogens (tertiary/aromatic N) is 3. The number of amides is 1. The topological polar surface area (TPSA) is 64.2 Å². The molecular weight excluding hydrogens is 228 g/mol. The van der Waals surface area contributed by atoms with E-state index in [-0.39, 0.29) is 17.4 Å². The van der Waals surface area contributed by atoms with Gasteiger partial charge in [0.25, 0.3) is 0 Å². The molecule has 0 aromatic carbocycles. The lowest BCUT2D eigenvalue weighted by Crippen LogP contribution is -2.44. The Bertz CT molecular complexity index is 372.